The van der Waals surface area contributed by atoms with E-state index >= 15 is 0 Å². The van der Waals surface area contributed by atoms with Crippen LogP contribution in [0.25, 0.3) is 0 Å². The summed E-state index contributed by atoms with van der Waals surface area (Å²) in [6.07, 6.45) is 7.81. The van der Waals surface area contributed by atoms with Gasteiger partial charge in [-0.15, -0.1) is 0 Å². The summed E-state index contributed by atoms with van der Waals surface area (Å²) in [5, 5.41) is 0.827. The molecule has 0 radical (unpaired) electrons. The highest BCUT2D eigenvalue weighted by molar-refractivity contribution is 7.99. The van der Waals surface area contributed by atoms with Gasteiger partial charge in [0.05, 0.1) is 16.3 Å². The first-order valence-electron chi connectivity index (χ1n) is 8.82. The molecule has 4 aliphatic rings. The van der Waals surface area contributed by atoms with Crippen LogP contribution in [0.2, 0.25) is 0 Å². The molecule has 4 bridgehead atoms. The Balaban J connectivity index is 1.39. The van der Waals surface area contributed by atoms with E-state index in [1.54, 1.807) is 26.4 Å². The van der Waals surface area contributed by atoms with Crippen LogP contribution in [-0.4, -0.2) is 41.4 Å². The molecule has 0 aromatic carbocycles. The summed E-state index contributed by atoms with van der Waals surface area (Å²) in [7, 11) is 3.46. The molecule has 1 aromatic heterocycles. The molecule has 5 heteroatoms. The van der Waals surface area contributed by atoms with E-state index in [-0.39, 0.29) is 11.3 Å². The molecule has 1 aromatic rings. The van der Waals surface area contributed by atoms with Crippen molar-refractivity contribution in [3.05, 3.63) is 23.9 Å². The zero-order chi connectivity index (χ0) is 16.9. The lowest BCUT2D eigenvalue weighted by molar-refractivity contribution is -0.127. The van der Waals surface area contributed by atoms with Gasteiger partial charge in [0.15, 0.2) is 0 Å². The third-order valence-corrected chi connectivity index (χ3v) is 7.23. The number of pyridine rings is 1. The number of ketones is 1. The molecule has 5 rings (SSSR count). The number of Topliss-reactive ketones (excluding diaryl/α,β-unsaturated/α-hetero) is 1. The van der Waals surface area contributed by atoms with Crippen molar-refractivity contribution in [2.75, 3.05) is 19.8 Å². The van der Waals surface area contributed by atoms with Gasteiger partial charge in [0.1, 0.15) is 5.78 Å². The number of carbonyl (C=O) groups is 2. The molecule has 4 aliphatic carbocycles. The standard InChI is InChI=1S/C19H24N2O2S/c1-21(2)18(23)14-3-4-17(20-10-14)24-11-16(22)19-8-12-5-13(9-19)7-15(19)6-12/h3-4,10,12-13,15H,5-9,11H2,1-2H3. The number of carbonyl (C=O) groups excluding carboxylic acids is 2. The van der Waals surface area contributed by atoms with Gasteiger partial charge in [0.25, 0.3) is 5.91 Å². The minimum atomic E-state index is -0.0482. The fourth-order valence-corrected chi connectivity index (χ4v) is 6.24. The lowest BCUT2D eigenvalue weighted by Gasteiger charge is -2.31. The van der Waals surface area contributed by atoms with Crippen molar-refractivity contribution in [1.29, 1.82) is 0 Å². The second-order valence-corrected chi connectivity index (χ2v) is 8.99. The van der Waals surface area contributed by atoms with Crippen LogP contribution in [-0.2, 0) is 4.79 Å². The van der Waals surface area contributed by atoms with Crippen molar-refractivity contribution in [3.63, 3.8) is 0 Å². The van der Waals surface area contributed by atoms with E-state index in [4.69, 9.17) is 0 Å². The predicted octanol–water partition coefficient (Wildman–Crippen LogP) is 3.27. The van der Waals surface area contributed by atoms with Gasteiger partial charge >= 0.3 is 0 Å². The molecule has 4 fully saturated rings. The van der Waals surface area contributed by atoms with Gasteiger partial charge in [-0.3, -0.25) is 9.59 Å². The van der Waals surface area contributed by atoms with Crippen molar-refractivity contribution < 1.29 is 9.59 Å². The van der Waals surface area contributed by atoms with Gasteiger partial charge in [-0.05, 0) is 62.0 Å². The third-order valence-electron chi connectivity index (χ3n) is 6.29. The van der Waals surface area contributed by atoms with E-state index in [0.29, 0.717) is 23.0 Å². The predicted molar refractivity (Wildman–Crippen MR) is 94.0 cm³/mol. The largest absolute Gasteiger partial charge is 0.345 e. The second-order valence-electron chi connectivity index (χ2n) is 8.00. The highest BCUT2D eigenvalue weighted by atomic mass is 32.2. The van der Waals surface area contributed by atoms with E-state index in [2.05, 4.69) is 4.98 Å². The molecular formula is C19H24N2O2S. The fraction of sp³-hybridized carbons (Fsp3) is 0.632. The summed E-state index contributed by atoms with van der Waals surface area (Å²) in [5.41, 5.74) is 0.586. The Bertz CT molecular complexity index is 656. The number of nitrogens with zero attached hydrogens (tertiary/aromatic N) is 2. The van der Waals surface area contributed by atoms with Gasteiger partial charge in [0.2, 0.25) is 0 Å². The Morgan fingerprint density at radius 3 is 2.50 bits per heavy atom. The Morgan fingerprint density at radius 2 is 1.92 bits per heavy atom. The number of thioether (sulfide) groups is 1. The second kappa shape index (κ2) is 5.87. The number of amides is 1. The number of rotatable bonds is 5. The van der Waals surface area contributed by atoms with Gasteiger partial charge in [0, 0.05) is 25.7 Å². The normalized spacial score (nSPS) is 33.0. The van der Waals surface area contributed by atoms with Crippen LogP contribution in [0.4, 0.5) is 0 Å². The van der Waals surface area contributed by atoms with Crippen molar-refractivity contribution in [1.82, 2.24) is 9.88 Å². The maximum atomic E-state index is 12.9. The Hall–Kier alpha value is -1.36. The Morgan fingerprint density at radius 1 is 1.21 bits per heavy atom. The minimum Gasteiger partial charge on any atom is -0.345 e. The van der Waals surface area contributed by atoms with E-state index in [1.807, 2.05) is 6.07 Å². The maximum absolute atomic E-state index is 12.9. The highest BCUT2D eigenvalue weighted by Gasteiger charge is 2.60. The van der Waals surface area contributed by atoms with E-state index < -0.39 is 0 Å². The summed E-state index contributed by atoms with van der Waals surface area (Å²) in [6.45, 7) is 0. The summed E-state index contributed by atoms with van der Waals surface area (Å²) in [5.74, 6) is 3.19. The van der Waals surface area contributed by atoms with E-state index in [0.717, 1.165) is 29.7 Å². The number of hydrogen-bond donors (Lipinski definition) is 0. The Labute approximate surface area is 147 Å². The molecule has 24 heavy (non-hydrogen) atoms. The van der Waals surface area contributed by atoms with Crippen LogP contribution in [0, 0.1) is 23.2 Å². The SMILES string of the molecule is CN(C)C(=O)c1ccc(SCC(=O)C23CC4CC(CC2C4)C3)nc1. The van der Waals surface area contributed by atoms with Gasteiger partial charge in [-0.1, -0.05) is 11.8 Å². The molecule has 0 saturated heterocycles. The summed E-state index contributed by atoms with van der Waals surface area (Å²) in [6, 6.07) is 3.65. The first-order valence-corrected chi connectivity index (χ1v) is 9.80. The number of aromatic nitrogens is 1. The van der Waals surface area contributed by atoms with Crippen LogP contribution >= 0.6 is 11.8 Å². The molecule has 4 nitrogen and oxygen atoms in total. The van der Waals surface area contributed by atoms with Crippen LogP contribution in [0.3, 0.4) is 0 Å². The smallest absolute Gasteiger partial charge is 0.254 e. The van der Waals surface area contributed by atoms with Crippen LogP contribution in [0.5, 0.6) is 0 Å². The van der Waals surface area contributed by atoms with Crippen molar-refractivity contribution in [2.24, 2.45) is 23.2 Å². The summed E-state index contributed by atoms with van der Waals surface area (Å²) < 4.78 is 0. The monoisotopic (exact) mass is 344 g/mol. The maximum Gasteiger partial charge on any atom is 0.254 e. The molecule has 0 spiro atoms. The van der Waals surface area contributed by atoms with Crippen LogP contribution in [0.1, 0.15) is 42.5 Å². The Kier molecular flexibility index (Phi) is 3.94. The zero-order valence-corrected chi connectivity index (χ0v) is 15.1. The minimum absolute atomic E-state index is 0.00140. The molecule has 2 atom stereocenters. The first kappa shape index (κ1) is 16.1. The van der Waals surface area contributed by atoms with Crippen LogP contribution in [0.15, 0.2) is 23.4 Å². The fourth-order valence-electron chi connectivity index (χ4n) is 5.39. The van der Waals surface area contributed by atoms with Gasteiger partial charge in [-0.25, -0.2) is 4.98 Å². The molecule has 1 amide bonds. The van der Waals surface area contributed by atoms with Crippen molar-refractivity contribution in [2.45, 2.75) is 37.1 Å². The molecule has 4 saturated carbocycles. The van der Waals surface area contributed by atoms with Crippen LogP contribution < -0.4 is 0 Å². The highest BCUT2D eigenvalue weighted by Crippen LogP contribution is 2.65. The zero-order valence-electron chi connectivity index (χ0n) is 14.3. The molecule has 0 aliphatic heterocycles. The van der Waals surface area contributed by atoms with E-state index in [1.165, 1.54) is 35.9 Å². The average Bonchev–Trinajstić information content (AvgIpc) is 2.97. The molecule has 0 N–H and O–H groups in total. The van der Waals surface area contributed by atoms with E-state index in [9.17, 15) is 9.59 Å². The third kappa shape index (κ3) is 2.57. The van der Waals surface area contributed by atoms with Crippen molar-refractivity contribution >= 4 is 23.5 Å². The van der Waals surface area contributed by atoms with Gasteiger partial charge < -0.3 is 4.90 Å². The lowest BCUT2D eigenvalue weighted by Crippen LogP contribution is -2.34. The summed E-state index contributed by atoms with van der Waals surface area (Å²) >= 11 is 1.52. The molecular weight excluding hydrogens is 320 g/mol. The quantitative estimate of drug-likeness (QED) is 0.769. The molecule has 2 unspecified atom stereocenters. The first-order chi connectivity index (χ1) is 11.5. The van der Waals surface area contributed by atoms with Gasteiger partial charge in [-0.2, -0.15) is 0 Å². The lowest BCUT2D eigenvalue weighted by atomic mass is 9.73. The topological polar surface area (TPSA) is 50.3 Å². The number of hydrogen-bond acceptors (Lipinski definition) is 4. The molecule has 1 heterocycles. The average molecular weight is 344 g/mol. The van der Waals surface area contributed by atoms with Crippen molar-refractivity contribution in [3.8, 4) is 0 Å². The molecule has 128 valence electrons. The summed E-state index contributed by atoms with van der Waals surface area (Å²) in [4.78, 5) is 30.7.